The molecule has 11 aromatic rings. The van der Waals surface area contributed by atoms with Gasteiger partial charge in [-0.1, -0.05) is 78.9 Å². The van der Waals surface area contributed by atoms with Crippen LogP contribution in [0.1, 0.15) is 5.56 Å². The lowest BCUT2D eigenvalue weighted by atomic mass is 10.0. The fraction of sp³-hybridized carbons (Fsp3) is 0. The number of hydrogen-bond acceptors (Lipinski definition) is 4. The minimum absolute atomic E-state index is 0.577. The zero-order valence-corrected chi connectivity index (χ0v) is 25.4. The molecule has 220 valence electrons. The molecule has 0 bridgehead atoms. The molecule has 0 aliphatic heterocycles. The highest BCUT2D eigenvalue weighted by atomic mass is 15.2. The van der Waals surface area contributed by atoms with Crippen molar-refractivity contribution in [2.45, 2.75) is 0 Å². The number of nitrogens with zero attached hydrogens (tertiary/aromatic N) is 6. The monoisotopic (exact) mass is 610 g/mol. The molecule has 0 spiro atoms. The molecule has 0 saturated carbocycles. The van der Waals surface area contributed by atoms with Crippen LogP contribution >= 0.6 is 0 Å². The molecule has 0 saturated heterocycles. The molecule has 11 rings (SSSR count). The Kier molecular flexibility index (Phi) is 4.82. The van der Waals surface area contributed by atoms with Crippen molar-refractivity contribution in [2.24, 2.45) is 0 Å². The lowest BCUT2D eigenvalue weighted by Crippen LogP contribution is -2.04. The number of rotatable bonds is 2. The number of fused-ring (bicyclic) bond motifs is 13. The van der Waals surface area contributed by atoms with Crippen molar-refractivity contribution in [1.82, 2.24) is 23.9 Å². The minimum atomic E-state index is 0.577. The van der Waals surface area contributed by atoms with Crippen molar-refractivity contribution < 1.29 is 0 Å². The molecule has 0 fully saturated rings. The van der Waals surface area contributed by atoms with Crippen molar-refractivity contribution >= 4 is 81.7 Å². The molecule has 6 aromatic carbocycles. The second-order valence-electron chi connectivity index (χ2n) is 12.4. The summed E-state index contributed by atoms with van der Waals surface area (Å²) in [5.74, 6) is 0.577. The quantitative estimate of drug-likeness (QED) is 0.195. The Labute approximate surface area is 272 Å². The summed E-state index contributed by atoms with van der Waals surface area (Å²) in [5.41, 5.74) is 9.37. The number of hydrogen-bond donors (Lipinski definition) is 0. The van der Waals surface area contributed by atoms with Gasteiger partial charge in [-0.3, -0.25) is 9.55 Å². The lowest BCUT2D eigenvalue weighted by molar-refractivity contribution is 1.01. The Morgan fingerprint density at radius 3 is 2.15 bits per heavy atom. The van der Waals surface area contributed by atoms with E-state index in [4.69, 9.17) is 15.0 Å². The average Bonchev–Trinajstić information content (AvgIpc) is 3.79. The molecule has 0 atom stereocenters. The fourth-order valence-electron chi connectivity index (χ4n) is 7.94. The third-order valence-electron chi connectivity index (χ3n) is 9.92. The first kappa shape index (κ1) is 25.4. The largest absolute Gasteiger partial charge is 0.308 e. The normalized spacial score (nSPS) is 12.1. The number of aromatic nitrogens is 5. The van der Waals surface area contributed by atoms with Gasteiger partial charge in [-0.05, 0) is 59.3 Å². The number of pyridine rings is 1. The van der Waals surface area contributed by atoms with Gasteiger partial charge in [-0.2, -0.15) is 5.26 Å². The van der Waals surface area contributed by atoms with Gasteiger partial charge in [0.15, 0.2) is 0 Å². The van der Waals surface area contributed by atoms with Crippen molar-refractivity contribution in [3.63, 3.8) is 0 Å². The maximum atomic E-state index is 9.47. The number of benzene rings is 6. The molecule has 0 aliphatic carbocycles. The van der Waals surface area contributed by atoms with Crippen LogP contribution < -0.4 is 0 Å². The Bertz CT molecular complexity index is 3180. The van der Waals surface area contributed by atoms with E-state index in [1.54, 1.807) is 6.20 Å². The van der Waals surface area contributed by atoms with Gasteiger partial charge in [0.05, 0.1) is 44.7 Å². The van der Waals surface area contributed by atoms with Gasteiger partial charge < -0.3 is 4.40 Å². The molecule has 5 aromatic heterocycles. The zero-order chi connectivity index (χ0) is 31.5. The molecule has 0 aliphatic rings. The second kappa shape index (κ2) is 9.12. The standard InChI is InChI=1S/C42H22N6/c43-23-24-15-17-26(18-16-24)38-39-32(12-7-21-44-39)45-42(46-38)48-35-20-19-25-8-1-2-9-27(25)36(35)31-22-30-28-10-3-5-13-33(28)47-34-14-6-4-11-29(34)37(40(30)47)41(31)48/h1-22H. The number of nitriles is 1. The second-order valence-corrected chi connectivity index (χ2v) is 12.4. The van der Waals surface area contributed by atoms with Crippen molar-refractivity contribution in [1.29, 1.82) is 5.26 Å². The van der Waals surface area contributed by atoms with E-state index in [2.05, 4.69) is 106 Å². The summed E-state index contributed by atoms with van der Waals surface area (Å²) >= 11 is 0. The van der Waals surface area contributed by atoms with E-state index in [0.717, 1.165) is 33.3 Å². The molecule has 6 nitrogen and oxygen atoms in total. The molecule has 5 heterocycles. The van der Waals surface area contributed by atoms with Gasteiger partial charge in [-0.25, -0.2) is 9.97 Å². The Balaban J connectivity index is 1.40. The fourth-order valence-corrected chi connectivity index (χ4v) is 7.94. The molecular formula is C42H22N6. The van der Waals surface area contributed by atoms with E-state index in [1.807, 2.05) is 36.4 Å². The van der Waals surface area contributed by atoms with Crippen LogP contribution in [0.5, 0.6) is 0 Å². The van der Waals surface area contributed by atoms with Gasteiger partial charge in [0.25, 0.3) is 0 Å². The summed E-state index contributed by atoms with van der Waals surface area (Å²) in [6.07, 6.45) is 1.78. The number of para-hydroxylation sites is 2. The third kappa shape index (κ3) is 3.17. The van der Waals surface area contributed by atoms with Crippen molar-refractivity contribution in [3.8, 4) is 23.3 Å². The van der Waals surface area contributed by atoms with Crippen LogP contribution in [0.2, 0.25) is 0 Å². The maximum absolute atomic E-state index is 9.47. The van der Waals surface area contributed by atoms with Crippen LogP contribution in [0.25, 0.3) is 98.9 Å². The van der Waals surface area contributed by atoms with E-state index in [-0.39, 0.29) is 0 Å². The van der Waals surface area contributed by atoms with Gasteiger partial charge in [0, 0.05) is 44.1 Å². The summed E-state index contributed by atoms with van der Waals surface area (Å²) in [6, 6.07) is 46.5. The molecule has 6 heteroatoms. The van der Waals surface area contributed by atoms with E-state index in [9.17, 15) is 5.26 Å². The highest BCUT2D eigenvalue weighted by Gasteiger charge is 2.26. The molecule has 48 heavy (non-hydrogen) atoms. The van der Waals surface area contributed by atoms with Gasteiger partial charge in [-0.15, -0.1) is 0 Å². The molecule has 0 amide bonds. The van der Waals surface area contributed by atoms with Crippen LogP contribution in [0, 0.1) is 11.3 Å². The van der Waals surface area contributed by atoms with E-state index in [1.165, 1.54) is 59.6 Å². The molecule has 0 N–H and O–H groups in total. The highest BCUT2D eigenvalue weighted by Crippen LogP contribution is 2.47. The first-order chi connectivity index (χ1) is 23.8. The van der Waals surface area contributed by atoms with Crippen LogP contribution in [0.15, 0.2) is 134 Å². The average molecular weight is 611 g/mol. The minimum Gasteiger partial charge on any atom is -0.308 e. The maximum Gasteiger partial charge on any atom is 0.235 e. The SMILES string of the molecule is N#Cc1ccc(-c2nc(-n3c4ccc5ccccc5c4c4cc5c6ccccc6n6c7ccccc7c(c43)c56)nc3cccnc23)cc1. The molecule has 0 unspecified atom stereocenters. The van der Waals surface area contributed by atoms with Gasteiger partial charge >= 0.3 is 0 Å². The summed E-state index contributed by atoms with van der Waals surface area (Å²) in [7, 11) is 0. The predicted molar refractivity (Wildman–Crippen MR) is 194 cm³/mol. The Morgan fingerprint density at radius 2 is 1.31 bits per heavy atom. The van der Waals surface area contributed by atoms with E-state index < -0.39 is 0 Å². The van der Waals surface area contributed by atoms with Gasteiger partial charge in [0.2, 0.25) is 5.95 Å². The van der Waals surface area contributed by atoms with Crippen LogP contribution in [0.4, 0.5) is 0 Å². The highest BCUT2D eigenvalue weighted by molar-refractivity contribution is 6.36. The smallest absolute Gasteiger partial charge is 0.235 e. The topological polar surface area (TPSA) is 71.8 Å². The lowest BCUT2D eigenvalue weighted by Gasteiger charge is -2.12. The van der Waals surface area contributed by atoms with Gasteiger partial charge in [0.1, 0.15) is 11.2 Å². The summed E-state index contributed by atoms with van der Waals surface area (Å²) in [4.78, 5) is 15.3. The van der Waals surface area contributed by atoms with E-state index in [0.29, 0.717) is 11.5 Å². The summed E-state index contributed by atoms with van der Waals surface area (Å²) in [6.45, 7) is 0. The van der Waals surface area contributed by atoms with Crippen molar-refractivity contribution in [2.75, 3.05) is 0 Å². The zero-order valence-electron chi connectivity index (χ0n) is 25.4. The molecule has 0 radical (unpaired) electrons. The van der Waals surface area contributed by atoms with Crippen LogP contribution in [-0.2, 0) is 0 Å². The Morgan fingerprint density at radius 1 is 0.562 bits per heavy atom. The third-order valence-corrected chi connectivity index (χ3v) is 9.92. The first-order valence-corrected chi connectivity index (χ1v) is 15.9. The summed E-state index contributed by atoms with van der Waals surface area (Å²) in [5, 5.41) is 19.0. The molecular weight excluding hydrogens is 589 g/mol. The van der Waals surface area contributed by atoms with Crippen molar-refractivity contribution in [3.05, 3.63) is 139 Å². The summed E-state index contributed by atoms with van der Waals surface area (Å²) < 4.78 is 4.68. The van der Waals surface area contributed by atoms with Crippen LogP contribution in [0.3, 0.4) is 0 Å². The van der Waals surface area contributed by atoms with Crippen LogP contribution in [-0.4, -0.2) is 23.9 Å². The first-order valence-electron chi connectivity index (χ1n) is 15.9. The predicted octanol–water partition coefficient (Wildman–Crippen LogP) is 9.96. The Hall–Kier alpha value is -6.84. The van der Waals surface area contributed by atoms with E-state index >= 15 is 0 Å².